The molecule has 0 aliphatic rings. The highest BCUT2D eigenvalue weighted by Gasteiger charge is 2.26. The van der Waals surface area contributed by atoms with Crippen LogP contribution in [0.5, 0.6) is 11.5 Å². The molecule has 0 unspecified atom stereocenters. The lowest BCUT2D eigenvalue weighted by Crippen LogP contribution is -2.23. The number of benzene rings is 1. The van der Waals surface area contributed by atoms with E-state index in [1.807, 2.05) is 6.92 Å². The van der Waals surface area contributed by atoms with E-state index in [0.717, 1.165) is 0 Å². The third-order valence-electron chi connectivity index (χ3n) is 2.02. The molecule has 0 aliphatic heterocycles. The maximum Gasteiger partial charge on any atom is 0.508 e. The molecule has 0 atom stereocenters. The summed E-state index contributed by atoms with van der Waals surface area (Å²) in [6, 6.07) is 6.39. The molecule has 0 amide bonds. The highest BCUT2D eigenvalue weighted by molar-refractivity contribution is 6.66. The fraction of sp³-hybridized carbons (Fsp3) is 0.273. The molecule has 0 fully saturated rings. The summed E-state index contributed by atoms with van der Waals surface area (Å²) in [6.07, 6.45) is 0. The average molecular weight is 245 g/mol. The minimum atomic E-state index is -5.03. The molecule has 94 valence electrons. The van der Waals surface area contributed by atoms with E-state index < -0.39 is 19.1 Å². The van der Waals surface area contributed by atoms with Crippen molar-refractivity contribution in [3.05, 3.63) is 36.3 Å². The monoisotopic (exact) mass is 245 g/mol. The van der Waals surface area contributed by atoms with E-state index in [0.29, 0.717) is 18.1 Å². The first-order valence-corrected chi connectivity index (χ1v) is 5.16. The molecular weight excluding hydrogens is 232 g/mol. The lowest BCUT2D eigenvalue weighted by molar-refractivity contribution is 0.333. The van der Waals surface area contributed by atoms with Crippen LogP contribution in [0.15, 0.2) is 36.3 Å². The zero-order chi connectivity index (χ0) is 12.9. The van der Waals surface area contributed by atoms with Crippen LogP contribution in [0, 0.1) is 0 Å². The summed E-state index contributed by atoms with van der Waals surface area (Å²) in [4.78, 5) is 0. The summed E-state index contributed by atoms with van der Waals surface area (Å²) in [5.74, 6) is 1.01. The first-order chi connectivity index (χ1) is 7.93. The van der Waals surface area contributed by atoms with E-state index in [2.05, 4.69) is 6.58 Å². The molecule has 0 radical (unpaired) electrons. The van der Waals surface area contributed by atoms with Gasteiger partial charge in [-0.1, -0.05) is 0 Å². The molecule has 0 bridgehead atoms. The Bertz CT molecular complexity index is 373. The highest BCUT2D eigenvalue weighted by atomic mass is 19.4. The molecule has 0 aromatic heterocycles. The van der Waals surface area contributed by atoms with Crippen LogP contribution in [0.25, 0.3) is 0 Å². The van der Waals surface area contributed by atoms with Gasteiger partial charge in [0.15, 0.2) is 0 Å². The van der Waals surface area contributed by atoms with Crippen molar-refractivity contribution in [1.29, 1.82) is 0 Å². The van der Waals surface area contributed by atoms with Gasteiger partial charge in [-0.3, -0.25) is 0 Å². The average Bonchev–Trinajstić information content (AvgIpc) is 2.27. The second-order valence-corrected chi connectivity index (χ2v) is 3.43. The molecule has 0 N–H and O–H groups in total. The summed E-state index contributed by atoms with van der Waals surface area (Å²) in [7, 11) is 0. The van der Waals surface area contributed by atoms with E-state index in [1.54, 1.807) is 24.3 Å². The molecule has 6 heteroatoms. The number of rotatable bonds is 6. The summed E-state index contributed by atoms with van der Waals surface area (Å²) in [5, 5.41) is 0. The number of hydrogen-bond donors (Lipinski definition) is 0. The Morgan fingerprint density at radius 3 is 2.00 bits per heavy atom. The molecule has 0 spiro atoms. The van der Waals surface area contributed by atoms with Gasteiger partial charge in [-0.2, -0.15) is 0 Å². The molecule has 0 aliphatic carbocycles. The summed E-state index contributed by atoms with van der Waals surface area (Å²) in [6.45, 7) is -0.249. The predicted octanol–water partition coefficient (Wildman–Crippen LogP) is 3.41. The molecule has 0 saturated heterocycles. The van der Waals surface area contributed by atoms with E-state index in [-0.39, 0.29) is 0 Å². The predicted molar refractivity (Wildman–Crippen MR) is 61.3 cm³/mol. The number of halogens is 3. The van der Waals surface area contributed by atoms with Crippen LogP contribution in [-0.2, 0) is 0 Å². The Hall–Kier alpha value is -1.59. The van der Waals surface area contributed by atoms with Crippen molar-refractivity contribution in [2.75, 3.05) is 13.2 Å². The van der Waals surface area contributed by atoms with Crippen LogP contribution in [0.1, 0.15) is 6.92 Å². The fourth-order valence-electron chi connectivity index (χ4n) is 1.07. The van der Waals surface area contributed by atoms with Crippen molar-refractivity contribution in [2.45, 2.75) is 6.92 Å². The van der Waals surface area contributed by atoms with Crippen LogP contribution in [0.3, 0.4) is 0 Å². The van der Waals surface area contributed by atoms with Crippen LogP contribution in [0.2, 0.25) is 0 Å². The van der Waals surface area contributed by atoms with Gasteiger partial charge >= 0.3 is 6.98 Å². The molecular formula is C11H13BF3O2-. The van der Waals surface area contributed by atoms with Crippen LogP contribution in [0.4, 0.5) is 12.9 Å². The quantitative estimate of drug-likeness (QED) is 0.715. The van der Waals surface area contributed by atoms with Crippen molar-refractivity contribution in [2.24, 2.45) is 0 Å². The second kappa shape index (κ2) is 5.66. The number of hydrogen-bond acceptors (Lipinski definition) is 2. The van der Waals surface area contributed by atoms with Crippen molar-refractivity contribution >= 4 is 6.98 Å². The number of ether oxygens (including phenoxy) is 2. The maximum absolute atomic E-state index is 12.2. The lowest BCUT2D eigenvalue weighted by Gasteiger charge is -2.18. The lowest BCUT2D eigenvalue weighted by atomic mass is 9.81. The van der Waals surface area contributed by atoms with Gasteiger partial charge in [-0.05, 0) is 31.2 Å². The maximum atomic E-state index is 12.2. The van der Waals surface area contributed by atoms with E-state index in [9.17, 15) is 12.9 Å². The zero-order valence-electron chi connectivity index (χ0n) is 9.46. The normalized spacial score (nSPS) is 11.1. The minimum Gasteiger partial charge on any atom is -0.494 e. The van der Waals surface area contributed by atoms with Crippen LogP contribution < -0.4 is 9.47 Å². The van der Waals surface area contributed by atoms with E-state index >= 15 is 0 Å². The largest absolute Gasteiger partial charge is 0.508 e. The Morgan fingerprint density at radius 2 is 1.59 bits per heavy atom. The SMILES string of the molecule is C=C(COc1ccc(OCC)cc1)[B-](F)(F)F. The molecule has 2 nitrogen and oxygen atoms in total. The van der Waals surface area contributed by atoms with Gasteiger partial charge in [0.25, 0.3) is 0 Å². The summed E-state index contributed by atoms with van der Waals surface area (Å²) < 4.78 is 46.7. The van der Waals surface area contributed by atoms with Crippen LogP contribution >= 0.6 is 0 Å². The molecule has 0 heterocycles. The molecule has 17 heavy (non-hydrogen) atoms. The van der Waals surface area contributed by atoms with Crippen molar-refractivity contribution < 1.29 is 22.4 Å². The minimum absolute atomic E-state index is 0.356. The first kappa shape index (κ1) is 13.5. The highest BCUT2D eigenvalue weighted by Crippen LogP contribution is 2.21. The standard InChI is InChI=1S/C11H13BF3O2/c1-3-16-10-4-6-11(7-5-10)17-8-9(2)12(13,14)15/h4-7H,2-3,8H2,1H3/q-1. The van der Waals surface area contributed by atoms with Gasteiger partial charge in [0.05, 0.1) is 13.2 Å². The Labute approximate surface area is 98.1 Å². The third-order valence-corrected chi connectivity index (χ3v) is 2.02. The summed E-state index contributed by atoms with van der Waals surface area (Å²) in [5.41, 5.74) is -0.848. The van der Waals surface area contributed by atoms with Crippen LogP contribution in [-0.4, -0.2) is 20.2 Å². The third kappa shape index (κ3) is 4.42. The van der Waals surface area contributed by atoms with Gasteiger partial charge in [-0.25, -0.2) is 0 Å². The molecule has 1 aromatic rings. The van der Waals surface area contributed by atoms with Crippen molar-refractivity contribution in [3.63, 3.8) is 0 Å². The second-order valence-electron chi connectivity index (χ2n) is 3.43. The van der Waals surface area contributed by atoms with Crippen molar-refractivity contribution in [3.8, 4) is 11.5 Å². The molecule has 1 aromatic carbocycles. The Morgan fingerprint density at radius 1 is 1.12 bits per heavy atom. The smallest absolute Gasteiger partial charge is 0.494 e. The Kier molecular flexibility index (Phi) is 4.49. The van der Waals surface area contributed by atoms with Gasteiger partial charge in [0.2, 0.25) is 0 Å². The topological polar surface area (TPSA) is 18.5 Å². The van der Waals surface area contributed by atoms with E-state index in [4.69, 9.17) is 9.47 Å². The van der Waals surface area contributed by atoms with Gasteiger partial charge in [0, 0.05) is 0 Å². The van der Waals surface area contributed by atoms with Gasteiger partial charge < -0.3 is 22.4 Å². The first-order valence-electron chi connectivity index (χ1n) is 5.16. The zero-order valence-corrected chi connectivity index (χ0v) is 9.46. The van der Waals surface area contributed by atoms with Gasteiger partial charge in [0.1, 0.15) is 11.5 Å². The fourth-order valence-corrected chi connectivity index (χ4v) is 1.07. The summed E-state index contributed by atoms with van der Waals surface area (Å²) >= 11 is 0. The van der Waals surface area contributed by atoms with Crippen molar-refractivity contribution in [1.82, 2.24) is 0 Å². The van der Waals surface area contributed by atoms with Gasteiger partial charge in [-0.15, -0.1) is 12.1 Å². The van der Waals surface area contributed by atoms with E-state index in [1.165, 1.54) is 0 Å². The Balaban J connectivity index is 2.50. The molecule has 1 rings (SSSR count). The molecule has 0 saturated carbocycles.